The third-order valence-corrected chi connectivity index (χ3v) is 4.92. The highest BCUT2D eigenvalue weighted by molar-refractivity contribution is 7.80. The van der Waals surface area contributed by atoms with Gasteiger partial charge >= 0.3 is 0 Å². The van der Waals surface area contributed by atoms with Gasteiger partial charge in [-0.05, 0) is 32.1 Å². The van der Waals surface area contributed by atoms with Crippen LogP contribution in [0.3, 0.4) is 0 Å². The van der Waals surface area contributed by atoms with Gasteiger partial charge in [0, 0.05) is 13.0 Å². The van der Waals surface area contributed by atoms with Crippen LogP contribution in [-0.4, -0.2) is 29.1 Å². The average molecular weight is 298 g/mol. The molecule has 0 aromatic heterocycles. The molecule has 1 saturated carbocycles. The summed E-state index contributed by atoms with van der Waals surface area (Å²) in [5.74, 6) is 0.0650. The van der Waals surface area contributed by atoms with Crippen molar-refractivity contribution in [3.05, 3.63) is 0 Å². The molecule has 2 rings (SSSR count). The first kappa shape index (κ1) is 15.7. The number of nitrogens with one attached hydrogen (secondary N) is 1. The summed E-state index contributed by atoms with van der Waals surface area (Å²) in [5, 5.41) is 3.14. The number of rotatable bonds is 5. The zero-order valence-electron chi connectivity index (χ0n) is 12.2. The number of thiocarbonyl (C=S) groups is 1. The zero-order valence-corrected chi connectivity index (χ0v) is 13.0. The van der Waals surface area contributed by atoms with Crippen molar-refractivity contribution in [3.63, 3.8) is 0 Å². The number of hydrogen-bond donors (Lipinski definition) is 2. The Morgan fingerprint density at radius 3 is 2.50 bits per heavy atom. The van der Waals surface area contributed by atoms with Crippen LogP contribution in [0.25, 0.3) is 0 Å². The lowest BCUT2D eigenvalue weighted by atomic mass is 9.89. The number of carbonyl (C=O) groups is 1. The van der Waals surface area contributed by atoms with Crippen molar-refractivity contribution in [1.82, 2.24) is 5.32 Å². The minimum atomic E-state index is -0.445. The fourth-order valence-corrected chi connectivity index (χ4v) is 3.51. The van der Waals surface area contributed by atoms with Crippen molar-refractivity contribution < 1.29 is 9.53 Å². The van der Waals surface area contributed by atoms with Crippen molar-refractivity contribution in [2.45, 2.75) is 75.9 Å². The predicted molar refractivity (Wildman–Crippen MR) is 83.6 cm³/mol. The second-order valence-corrected chi connectivity index (χ2v) is 6.52. The minimum Gasteiger partial charge on any atom is -0.391 e. The third kappa shape index (κ3) is 4.16. The molecule has 0 radical (unpaired) electrons. The molecule has 0 spiro atoms. The molecule has 1 aliphatic carbocycles. The lowest BCUT2D eigenvalue weighted by Crippen LogP contribution is -2.56. The van der Waals surface area contributed by atoms with Crippen molar-refractivity contribution in [2.75, 3.05) is 6.61 Å². The smallest absolute Gasteiger partial charge is 0.220 e. The van der Waals surface area contributed by atoms with E-state index in [0.29, 0.717) is 11.4 Å². The molecule has 1 saturated heterocycles. The largest absolute Gasteiger partial charge is 0.391 e. The molecule has 2 aliphatic rings. The van der Waals surface area contributed by atoms with Crippen LogP contribution in [0.5, 0.6) is 0 Å². The van der Waals surface area contributed by atoms with Crippen molar-refractivity contribution in [1.29, 1.82) is 0 Å². The number of nitrogens with two attached hydrogens (primary N) is 1. The summed E-state index contributed by atoms with van der Waals surface area (Å²) in [6, 6.07) is 0. The van der Waals surface area contributed by atoms with E-state index in [1.54, 1.807) is 0 Å². The minimum absolute atomic E-state index is 0.0650. The highest BCUT2D eigenvalue weighted by Gasteiger charge is 2.35. The molecule has 20 heavy (non-hydrogen) atoms. The highest BCUT2D eigenvalue weighted by atomic mass is 32.1. The summed E-state index contributed by atoms with van der Waals surface area (Å²) < 4.78 is 5.56. The molecule has 1 atom stereocenters. The van der Waals surface area contributed by atoms with E-state index in [4.69, 9.17) is 22.7 Å². The molecule has 0 aromatic rings. The van der Waals surface area contributed by atoms with Crippen LogP contribution in [0.4, 0.5) is 0 Å². The first-order valence-corrected chi connectivity index (χ1v) is 8.26. The second kappa shape index (κ2) is 7.36. The van der Waals surface area contributed by atoms with Crippen LogP contribution in [0.1, 0.15) is 64.2 Å². The maximum Gasteiger partial charge on any atom is 0.220 e. The highest BCUT2D eigenvalue weighted by Crippen LogP contribution is 2.28. The van der Waals surface area contributed by atoms with Gasteiger partial charge in [0.15, 0.2) is 0 Å². The van der Waals surface area contributed by atoms with Gasteiger partial charge in [0.05, 0.1) is 16.6 Å². The molecule has 5 heteroatoms. The van der Waals surface area contributed by atoms with Crippen LogP contribution in [0, 0.1) is 0 Å². The summed E-state index contributed by atoms with van der Waals surface area (Å²) in [6.45, 7) is 0.836. The molecule has 1 amide bonds. The Morgan fingerprint density at radius 1 is 1.25 bits per heavy atom. The predicted octanol–water partition coefficient (Wildman–Crippen LogP) is 2.44. The van der Waals surface area contributed by atoms with Crippen LogP contribution in [0.15, 0.2) is 0 Å². The fraction of sp³-hybridized carbons (Fsp3) is 0.867. The van der Waals surface area contributed by atoms with Gasteiger partial charge in [-0.2, -0.15) is 0 Å². The third-order valence-electron chi connectivity index (χ3n) is 4.52. The van der Waals surface area contributed by atoms with Gasteiger partial charge in [-0.1, -0.05) is 37.9 Å². The molecule has 0 bridgehead atoms. The van der Waals surface area contributed by atoms with Crippen molar-refractivity contribution in [2.24, 2.45) is 5.73 Å². The normalized spacial score (nSPS) is 25.9. The molecule has 1 heterocycles. The lowest BCUT2D eigenvalue weighted by Gasteiger charge is -2.33. The van der Waals surface area contributed by atoms with Gasteiger partial charge < -0.3 is 15.8 Å². The van der Waals surface area contributed by atoms with Crippen LogP contribution in [-0.2, 0) is 9.53 Å². The van der Waals surface area contributed by atoms with Gasteiger partial charge in [-0.15, -0.1) is 0 Å². The standard InChI is InChI=1S/C15H26N2O2S/c16-14(20)15(9-3-1-2-4-10-15)17-13(18)8-7-12-6-5-11-19-12/h12H,1-11H2,(H2,16,20)(H,17,18). The van der Waals surface area contributed by atoms with Gasteiger partial charge in [0.1, 0.15) is 0 Å². The second-order valence-electron chi connectivity index (χ2n) is 6.08. The van der Waals surface area contributed by atoms with Gasteiger partial charge in [0.2, 0.25) is 5.91 Å². The topological polar surface area (TPSA) is 64.3 Å². The fourth-order valence-electron chi connectivity index (χ4n) is 3.26. The Balaban J connectivity index is 1.86. The Morgan fingerprint density at radius 2 is 1.95 bits per heavy atom. The van der Waals surface area contributed by atoms with Crippen molar-refractivity contribution in [3.8, 4) is 0 Å². The molecular weight excluding hydrogens is 272 g/mol. The Kier molecular flexibility index (Phi) is 5.78. The maximum absolute atomic E-state index is 12.2. The van der Waals surface area contributed by atoms with E-state index < -0.39 is 5.54 Å². The molecular formula is C15H26N2O2S. The Hall–Kier alpha value is -0.680. The summed E-state index contributed by atoms with van der Waals surface area (Å²) >= 11 is 5.24. The summed E-state index contributed by atoms with van der Waals surface area (Å²) in [6.07, 6.45) is 10.1. The maximum atomic E-state index is 12.2. The number of amides is 1. The van der Waals surface area contributed by atoms with Gasteiger partial charge in [-0.25, -0.2) is 0 Å². The first-order valence-electron chi connectivity index (χ1n) is 7.85. The molecule has 3 N–H and O–H groups in total. The molecule has 1 aliphatic heterocycles. The Bertz CT molecular complexity index is 346. The molecule has 0 aromatic carbocycles. The van der Waals surface area contributed by atoms with E-state index in [1.807, 2.05) is 0 Å². The van der Waals surface area contributed by atoms with Crippen LogP contribution in [0.2, 0.25) is 0 Å². The monoisotopic (exact) mass is 298 g/mol. The van der Waals surface area contributed by atoms with Crippen LogP contribution < -0.4 is 11.1 Å². The SMILES string of the molecule is NC(=S)C1(NC(=O)CCC2CCCO2)CCCCCC1. The summed E-state index contributed by atoms with van der Waals surface area (Å²) in [5.41, 5.74) is 5.49. The van der Waals surface area contributed by atoms with E-state index in [9.17, 15) is 4.79 Å². The van der Waals surface area contributed by atoms with E-state index in [-0.39, 0.29) is 12.0 Å². The number of ether oxygens (including phenoxy) is 1. The molecule has 2 fully saturated rings. The summed E-state index contributed by atoms with van der Waals surface area (Å²) in [4.78, 5) is 12.7. The van der Waals surface area contributed by atoms with E-state index >= 15 is 0 Å². The zero-order chi connectivity index (χ0) is 14.4. The number of hydrogen-bond acceptors (Lipinski definition) is 3. The molecule has 4 nitrogen and oxygen atoms in total. The summed E-state index contributed by atoms with van der Waals surface area (Å²) in [7, 11) is 0. The van der Waals surface area contributed by atoms with E-state index in [0.717, 1.165) is 51.6 Å². The van der Waals surface area contributed by atoms with Crippen molar-refractivity contribution >= 4 is 23.1 Å². The number of carbonyl (C=O) groups excluding carboxylic acids is 1. The Labute approximate surface area is 126 Å². The molecule has 114 valence electrons. The quantitative estimate of drug-likeness (QED) is 0.604. The van der Waals surface area contributed by atoms with Gasteiger partial charge in [-0.3, -0.25) is 4.79 Å². The molecule has 1 unspecified atom stereocenters. The van der Waals surface area contributed by atoms with Gasteiger partial charge in [0.25, 0.3) is 0 Å². The van der Waals surface area contributed by atoms with E-state index in [1.165, 1.54) is 12.8 Å². The van der Waals surface area contributed by atoms with Crippen LogP contribution >= 0.6 is 12.2 Å². The average Bonchev–Trinajstić information content (AvgIpc) is 2.82. The lowest BCUT2D eigenvalue weighted by molar-refractivity contribution is -0.123. The first-order chi connectivity index (χ1) is 9.62. The van der Waals surface area contributed by atoms with E-state index in [2.05, 4.69) is 5.32 Å².